The smallest absolute Gasteiger partial charge is 0.271 e. The van der Waals surface area contributed by atoms with Gasteiger partial charge in [-0.15, -0.1) is 11.3 Å². The van der Waals surface area contributed by atoms with Crippen molar-refractivity contribution in [2.45, 2.75) is 18.9 Å². The molecule has 1 fully saturated rings. The van der Waals surface area contributed by atoms with Gasteiger partial charge in [-0.05, 0) is 37.1 Å². The summed E-state index contributed by atoms with van der Waals surface area (Å²) in [5, 5.41) is 1.82. The van der Waals surface area contributed by atoms with E-state index in [1.165, 1.54) is 23.5 Å². The Morgan fingerprint density at radius 1 is 1.44 bits per heavy atom. The van der Waals surface area contributed by atoms with Crippen LogP contribution in [0.3, 0.4) is 0 Å². The molecule has 1 amide bonds. The minimum Gasteiger partial charge on any atom is -0.376 e. The maximum Gasteiger partial charge on any atom is 0.271 e. The molecule has 7 heteroatoms. The average Bonchev–Trinajstić information content (AvgIpc) is 3.31. The highest BCUT2D eigenvalue weighted by molar-refractivity contribution is 7.15. The SMILES string of the molecule is CN(C[C@H]1CCCO1)C(=O)c1csc2nc(-c3ccc(F)cc3)cn12. The third kappa shape index (κ3) is 3.17. The number of carbonyl (C=O) groups excluding carboxylic acids is 1. The van der Waals surface area contributed by atoms with Gasteiger partial charge in [-0.1, -0.05) is 0 Å². The molecule has 0 aliphatic carbocycles. The lowest BCUT2D eigenvalue weighted by Crippen LogP contribution is -2.34. The Bertz CT molecular complexity index is 897. The number of benzene rings is 1. The minimum absolute atomic E-state index is 0.0511. The van der Waals surface area contributed by atoms with Crippen molar-refractivity contribution in [1.29, 1.82) is 0 Å². The van der Waals surface area contributed by atoms with E-state index in [1.807, 2.05) is 11.6 Å². The average molecular weight is 359 g/mol. The first-order valence-corrected chi connectivity index (χ1v) is 9.09. The fourth-order valence-corrected chi connectivity index (χ4v) is 3.92. The van der Waals surface area contributed by atoms with Crippen LogP contribution in [0.25, 0.3) is 16.2 Å². The highest BCUT2D eigenvalue weighted by Gasteiger charge is 2.23. The van der Waals surface area contributed by atoms with Gasteiger partial charge in [0, 0.05) is 37.3 Å². The van der Waals surface area contributed by atoms with Gasteiger partial charge in [0.05, 0.1) is 11.8 Å². The molecule has 3 aromatic rings. The lowest BCUT2D eigenvalue weighted by molar-refractivity contribution is 0.0582. The second kappa shape index (κ2) is 6.57. The normalized spacial score (nSPS) is 17.3. The van der Waals surface area contributed by atoms with Crippen molar-refractivity contribution in [3.63, 3.8) is 0 Å². The molecular weight excluding hydrogens is 341 g/mol. The molecule has 1 aliphatic heterocycles. The zero-order valence-corrected chi connectivity index (χ0v) is 14.6. The summed E-state index contributed by atoms with van der Waals surface area (Å²) in [7, 11) is 1.80. The molecule has 0 spiro atoms. The van der Waals surface area contributed by atoms with Gasteiger partial charge in [-0.3, -0.25) is 9.20 Å². The molecule has 1 saturated heterocycles. The molecule has 0 saturated carbocycles. The Kier molecular flexibility index (Phi) is 4.27. The molecule has 130 valence electrons. The van der Waals surface area contributed by atoms with Crippen LogP contribution in [0.15, 0.2) is 35.8 Å². The van der Waals surface area contributed by atoms with Crippen LogP contribution < -0.4 is 0 Å². The van der Waals surface area contributed by atoms with E-state index in [9.17, 15) is 9.18 Å². The molecule has 1 atom stereocenters. The number of thiazole rings is 1. The Hall–Kier alpha value is -2.25. The zero-order valence-electron chi connectivity index (χ0n) is 13.8. The second-order valence-electron chi connectivity index (χ2n) is 6.23. The molecule has 2 aromatic heterocycles. The number of aromatic nitrogens is 2. The van der Waals surface area contributed by atoms with Crippen molar-refractivity contribution < 1.29 is 13.9 Å². The largest absolute Gasteiger partial charge is 0.376 e. The summed E-state index contributed by atoms with van der Waals surface area (Å²) in [5.41, 5.74) is 2.13. The van der Waals surface area contributed by atoms with Crippen LogP contribution in [0.1, 0.15) is 23.3 Å². The predicted octanol–water partition coefficient (Wildman–Crippen LogP) is 3.45. The molecule has 4 rings (SSSR count). The van der Waals surface area contributed by atoms with Gasteiger partial charge in [0.2, 0.25) is 0 Å². The van der Waals surface area contributed by atoms with E-state index in [-0.39, 0.29) is 17.8 Å². The van der Waals surface area contributed by atoms with Crippen molar-refractivity contribution >= 4 is 22.2 Å². The first kappa shape index (κ1) is 16.2. The summed E-state index contributed by atoms with van der Waals surface area (Å²) in [6.07, 6.45) is 4.00. The Balaban J connectivity index is 1.59. The summed E-state index contributed by atoms with van der Waals surface area (Å²) in [4.78, 5) is 19.8. The number of imidazole rings is 1. The summed E-state index contributed by atoms with van der Waals surface area (Å²) in [5.74, 6) is -0.332. The van der Waals surface area contributed by atoms with E-state index in [0.717, 1.165) is 35.7 Å². The number of rotatable bonds is 4. The number of hydrogen-bond acceptors (Lipinski definition) is 4. The van der Waals surface area contributed by atoms with E-state index in [0.29, 0.717) is 12.2 Å². The van der Waals surface area contributed by atoms with Crippen LogP contribution in [0.2, 0.25) is 0 Å². The molecule has 0 bridgehead atoms. The minimum atomic E-state index is -0.281. The van der Waals surface area contributed by atoms with Crippen molar-refractivity contribution in [2.24, 2.45) is 0 Å². The third-order valence-corrected chi connectivity index (χ3v) is 5.26. The molecule has 0 radical (unpaired) electrons. The van der Waals surface area contributed by atoms with Crippen LogP contribution >= 0.6 is 11.3 Å². The molecule has 0 unspecified atom stereocenters. The van der Waals surface area contributed by atoms with Gasteiger partial charge in [-0.2, -0.15) is 0 Å². The van der Waals surface area contributed by atoms with Crippen LogP contribution in [0, 0.1) is 5.82 Å². The summed E-state index contributed by atoms with van der Waals surface area (Å²) < 4.78 is 20.5. The van der Waals surface area contributed by atoms with E-state index >= 15 is 0 Å². The molecule has 0 N–H and O–H groups in total. The predicted molar refractivity (Wildman–Crippen MR) is 94.4 cm³/mol. The number of likely N-dealkylation sites (N-methyl/N-ethyl adjacent to an activating group) is 1. The van der Waals surface area contributed by atoms with Gasteiger partial charge >= 0.3 is 0 Å². The number of nitrogens with zero attached hydrogens (tertiary/aromatic N) is 3. The standard InChI is InChI=1S/C18H18FN3O2S/c1-21(9-14-3-2-8-24-14)17(23)16-11-25-18-20-15(10-22(16)18)12-4-6-13(19)7-5-12/h4-7,10-11,14H,2-3,8-9H2,1H3/t14-/m1/s1. The van der Waals surface area contributed by atoms with E-state index < -0.39 is 0 Å². The van der Waals surface area contributed by atoms with Crippen molar-refractivity contribution in [1.82, 2.24) is 14.3 Å². The molecule has 3 heterocycles. The molecule has 5 nitrogen and oxygen atoms in total. The van der Waals surface area contributed by atoms with Gasteiger partial charge in [0.15, 0.2) is 4.96 Å². The molecular formula is C18H18FN3O2S. The second-order valence-corrected chi connectivity index (χ2v) is 7.06. The molecule has 1 aromatic carbocycles. The monoisotopic (exact) mass is 359 g/mol. The number of halogens is 1. The number of amides is 1. The summed E-state index contributed by atoms with van der Waals surface area (Å²) in [6, 6.07) is 6.19. The van der Waals surface area contributed by atoms with Crippen molar-refractivity contribution in [2.75, 3.05) is 20.2 Å². The quantitative estimate of drug-likeness (QED) is 0.717. The van der Waals surface area contributed by atoms with Crippen molar-refractivity contribution in [3.8, 4) is 11.3 Å². The fraction of sp³-hybridized carbons (Fsp3) is 0.333. The van der Waals surface area contributed by atoms with Crippen LogP contribution in [-0.2, 0) is 4.74 Å². The Labute approximate surface area is 148 Å². The van der Waals surface area contributed by atoms with Gasteiger partial charge in [-0.25, -0.2) is 9.37 Å². The fourth-order valence-electron chi connectivity index (χ4n) is 3.07. The maximum atomic E-state index is 13.1. The summed E-state index contributed by atoms with van der Waals surface area (Å²) in [6.45, 7) is 1.37. The lowest BCUT2D eigenvalue weighted by Gasteiger charge is -2.20. The Morgan fingerprint density at radius 2 is 2.24 bits per heavy atom. The van der Waals surface area contributed by atoms with Crippen LogP contribution in [-0.4, -0.2) is 46.5 Å². The molecule has 25 heavy (non-hydrogen) atoms. The topological polar surface area (TPSA) is 46.8 Å². The van der Waals surface area contributed by atoms with E-state index in [2.05, 4.69) is 4.98 Å². The van der Waals surface area contributed by atoms with Gasteiger partial charge in [0.25, 0.3) is 5.91 Å². The highest BCUT2D eigenvalue weighted by atomic mass is 32.1. The van der Waals surface area contributed by atoms with E-state index in [1.54, 1.807) is 28.5 Å². The zero-order chi connectivity index (χ0) is 17.4. The highest BCUT2D eigenvalue weighted by Crippen LogP contribution is 2.25. The summed E-state index contributed by atoms with van der Waals surface area (Å²) >= 11 is 1.42. The number of ether oxygens (including phenoxy) is 1. The van der Waals surface area contributed by atoms with Gasteiger partial charge in [0.1, 0.15) is 11.5 Å². The number of hydrogen-bond donors (Lipinski definition) is 0. The lowest BCUT2D eigenvalue weighted by atomic mass is 10.2. The first-order chi connectivity index (χ1) is 12.1. The van der Waals surface area contributed by atoms with E-state index in [4.69, 9.17) is 4.74 Å². The maximum absolute atomic E-state index is 13.1. The van der Waals surface area contributed by atoms with Crippen LogP contribution in [0.4, 0.5) is 4.39 Å². The Morgan fingerprint density at radius 3 is 2.96 bits per heavy atom. The first-order valence-electron chi connectivity index (χ1n) is 8.21. The van der Waals surface area contributed by atoms with Gasteiger partial charge < -0.3 is 9.64 Å². The van der Waals surface area contributed by atoms with Crippen LogP contribution in [0.5, 0.6) is 0 Å². The molecule has 1 aliphatic rings. The van der Waals surface area contributed by atoms with Crippen molar-refractivity contribution in [3.05, 3.63) is 47.4 Å². The number of fused-ring (bicyclic) bond motifs is 1. The number of carbonyl (C=O) groups is 1. The third-order valence-electron chi connectivity index (χ3n) is 4.42.